The molecule has 5 N–H and O–H groups in total. The number of aromatic nitrogens is 2. The molecule has 0 atom stereocenters. The Morgan fingerprint density at radius 1 is 1.11 bits per heavy atom. The van der Waals surface area contributed by atoms with Crippen molar-refractivity contribution in [3.8, 4) is 5.75 Å². The van der Waals surface area contributed by atoms with Crippen molar-refractivity contribution in [1.82, 2.24) is 14.9 Å². The first-order valence-electron chi connectivity index (χ1n) is 11.5. The van der Waals surface area contributed by atoms with E-state index in [2.05, 4.69) is 55.9 Å². The zero-order valence-electron chi connectivity index (χ0n) is 20.3. The van der Waals surface area contributed by atoms with Crippen LogP contribution in [-0.2, 0) is 0 Å². The number of rotatable bonds is 7. The van der Waals surface area contributed by atoms with E-state index in [0.29, 0.717) is 34.9 Å². The zero-order chi connectivity index (χ0) is 24.8. The van der Waals surface area contributed by atoms with E-state index in [9.17, 15) is 4.79 Å². The Morgan fingerprint density at radius 2 is 1.91 bits per heavy atom. The highest BCUT2D eigenvalue weighted by Crippen LogP contribution is 2.33. The minimum absolute atomic E-state index is 0.338. The van der Waals surface area contributed by atoms with Gasteiger partial charge in [-0.15, -0.1) is 0 Å². The number of hydrogen-bond donors (Lipinski definition) is 4. The minimum atomic E-state index is -0.430. The Kier molecular flexibility index (Phi) is 7.51. The number of carbonyl (C=O) groups excluding carboxylic acids is 1. The summed E-state index contributed by atoms with van der Waals surface area (Å²) in [6.07, 6.45) is 3.84. The van der Waals surface area contributed by atoms with Gasteiger partial charge >= 0.3 is 6.03 Å². The highest BCUT2D eigenvalue weighted by atomic mass is 16.5. The highest BCUT2D eigenvalue weighted by Gasteiger charge is 2.21. The maximum absolute atomic E-state index is 12.3. The molecule has 0 unspecified atom stereocenters. The van der Waals surface area contributed by atoms with Crippen molar-refractivity contribution in [2.24, 2.45) is 0 Å². The number of piperidine rings is 1. The van der Waals surface area contributed by atoms with Crippen molar-refractivity contribution in [3.05, 3.63) is 54.7 Å². The molecule has 1 aromatic heterocycles. The lowest BCUT2D eigenvalue weighted by Gasteiger charge is -2.36. The second-order valence-electron chi connectivity index (χ2n) is 8.66. The molecule has 10 heteroatoms. The lowest BCUT2D eigenvalue weighted by atomic mass is 10.0. The number of amides is 2. The van der Waals surface area contributed by atoms with Crippen LogP contribution in [0.5, 0.6) is 5.75 Å². The highest BCUT2D eigenvalue weighted by molar-refractivity contribution is 5.99. The lowest BCUT2D eigenvalue weighted by Crippen LogP contribution is -2.41. The number of hydrogen-bond acceptors (Lipinski definition) is 8. The van der Waals surface area contributed by atoms with Crippen LogP contribution in [0.4, 0.5) is 39.3 Å². The molecule has 2 amide bonds. The number of carbonyl (C=O) groups is 1. The number of nitrogen functional groups attached to an aromatic ring is 1. The Labute approximate surface area is 205 Å². The third-order valence-corrected chi connectivity index (χ3v) is 6.03. The molecule has 1 fully saturated rings. The molecule has 0 saturated carbocycles. The topological polar surface area (TPSA) is 121 Å². The molecule has 4 rings (SSSR count). The van der Waals surface area contributed by atoms with Crippen LogP contribution < -0.4 is 31.3 Å². The molecule has 10 nitrogen and oxygen atoms in total. The van der Waals surface area contributed by atoms with Gasteiger partial charge in [0.25, 0.3) is 0 Å². The predicted octanol–water partition coefficient (Wildman–Crippen LogP) is 3.99. The third-order valence-electron chi connectivity index (χ3n) is 6.03. The number of nitrogens with one attached hydrogen (secondary N) is 3. The fourth-order valence-corrected chi connectivity index (χ4v) is 4.12. The standard InChI is InChI=1S/C25H32N8O2/c1-32(2)19-10-13-33(14-11-19)20-7-8-21(22(16-20)35-3)29-24-27-12-9-23(30-24)31-25(34)28-18-6-4-5-17(26)15-18/h4-9,12,15-16,19H,10-11,13-14,26H2,1-3H3,(H3,27,28,29,30,31,34). The average Bonchev–Trinajstić information content (AvgIpc) is 2.84. The summed E-state index contributed by atoms with van der Waals surface area (Å²) in [5.74, 6) is 1.38. The first-order valence-corrected chi connectivity index (χ1v) is 11.5. The Hall–Kier alpha value is -4.05. The smallest absolute Gasteiger partial charge is 0.324 e. The molecule has 0 radical (unpaired) electrons. The molecule has 3 aromatic rings. The molecule has 2 heterocycles. The van der Waals surface area contributed by atoms with E-state index in [4.69, 9.17) is 10.5 Å². The normalized spacial score (nSPS) is 14.0. The van der Waals surface area contributed by atoms with Crippen LogP contribution in [0.25, 0.3) is 0 Å². The van der Waals surface area contributed by atoms with Gasteiger partial charge in [0.1, 0.15) is 11.6 Å². The molecule has 35 heavy (non-hydrogen) atoms. The lowest BCUT2D eigenvalue weighted by molar-refractivity contribution is 0.249. The van der Waals surface area contributed by atoms with E-state index in [1.54, 1.807) is 43.6 Å². The van der Waals surface area contributed by atoms with Gasteiger partial charge < -0.3 is 30.9 Å². The summed E-state index contributed by atoms with van der Waals surface area (Å²) in [6, 6.07) is 14.8. The van der Waals surface area contributed by atoms with E-state index in [0.717, 1.165) is 37.3 Å². The molecule has 1 aliphatic rings. The van der Waals surface area contributed by atoms with Crippen molar-refractivity contribution in [2.45, 2.75) is 18.9 Å². The number of anilines is 6. The Bertz CT molecular complexity index is 1160. The number of urea groups is 1. The predicted molar refractivity (Wildman–Crippen MR) is 141 cm³/mol. The van der Waals surface area contributed by atoms with Gasteiger partial charge in [-0.05, 0) is 63.3 Å². The van der Waals surface area contributed by atoms with Crippen molar-refractivity contribution in [3.63, 3.8) is 0 Å². The molecule has 1 saturated heterocycles. The maximum Gasteiger partial charge on any atom is 0.324 e. The van der Waals surface area contributed by atoms with Crippen LogP contribution in [-0.4, -0.2) is 61.2 Å². The summed E-state index contributed by atoms with van der Waals surface area (Å²) in [6.45, 7) is 2.01. The van der Waals surface area contributed by atoms with Crippen molar-refractivity contribution < 1.29 is 9.53 Å². The maximum atomic E-state index is 12.3. The van der Waals surface area contributed by atoms with Crippen LogP contribution >= 0.6 is 0 Å². The van der Waals surface area contributed by atoms with Gasteiger partial charge in [0.2, 0.25) is 5.95 Å². The van der Waals surface area contributed by atoms with Gasteiger partial charge in [0.05, 0.1) is 12.8 Å². The molecule has 184 valence electrons. The largest absolute Gasteiger partial charge is 0.494 e. The summed E-state index contributed by atoms with van der Waals surface area (Å²) in [5, 5.41) is 8.62. The molecule has 2 aromatic carbocycles. The Balaban J connectivity index is 1.40. The monoisotopic (exact) mass is 476 g/mol. The van der Waals surface area contributed by atoms with Crippen molar-refractivity contribution >= 4 is 40.5 Å². The van der Waals surface area contributed by atoms with Gasteiger partial charge in [0, 0.05) is 48.5 Å². The summed E-state index contributed by atoms with van der Waals surface area (Å²) in [7, 11) is 5.92. The number of methoxy groups -OCH3 is 1. The van der Waals surface area contributed by atoms with Crippen molar-refractivity contribution in [2.75, 3.05) is 60.9 Å². The fraction of sp³-hybridized carbons (Fsp3) is 0.320. The van der Waals surface area contributed by atoms with Gasteiger partial charge in [0.15, 0.2) is 0 Å². The molecular formula is C25H32N8O2. The van der Waals surface area contributed by atoms with Gasteiger partial charge in [-0.3, -0.25) is 5.32 Å². The van der Waals surface area contributed by atoms with Gasteiger partial charge in [-0.2, -0.15) is 4.98 Å². The van der Waals surface area contributed by atoms with Crippen molar-refractivity contribution in [1.29, 1.82) is 0 Å². The quantitative estimate of drug-likeness (QED) is 0.378. The average molecular weight is 477 g/mol. The fourth-order valence-electron chi connectivity index (χ4n) is 4.12. The van der Waals surface area contributed by atoms with Crippen LogP contribution in [0.15, 0.2) is 54.7 Å². The molecule has 0 aliphatic carbocycles. The molecule has 0 spiro atoms. The second-order valence-corrected chi connectivity index (χ2v) is 8.66. The second kappa shape index (κ2) is 10.9. The first-order chi connectivity index (χ1) is 16.9. The SMILES string of the molecule is COc1cc(N2CCC(N(C)C)CC2)ccc1Nc1nccc(NC(=O)Nc2cccc(N)c2)n1. The van der Waals surface area contributed by atoms with Crippen LogP contribution in [0, 0.1) is 0 Å². The van der Waals surface area contributed by atoms with Gasteiger partial charge in [-0.25, -0.2) is 9.78 Å². The minimum Gasteiger partial charge on any atom is -0.494 e. The van der Waals surface area contributed by atoms with E-state index >= 15 is 0 Å². The van der Waals surface area contributed by atoms with E-state index in [1.807, 2.05) is 12.1 Å². The van der Waals surface area contributed by atoms with Crippen LogP contribution in [0.1, 0.15) is 12.8 Å². The number of ether oxygens (including phenoxy) is 1. The van der Waals surface area contributed by atoms with E-state index in [1.165, 1.54) is 0 Å². The summed E-state index contributed by atoms with van der Waals surface area (Å²) >= 11 is 0. The number of benzene rings is 2. The number of nitrogens with two attached hydrogens (primary N) is 1. The first kappa shape index (κ1) is 24.1. The van der Waals surface area contributed by atoms with E-state index < -0.39 is 6.03 Å². The van der Waals surface area contributed by atoms with Gasteiger partial charge in [-0.1, -0.05) is 6.07 Å². The Morgan fingerprint density at radius 3 is 2.63 bits per heavy atom. The third kappa shape index (κ3) is 6.30. The zero-order valence-corrected chi connectivity index (χ0v) is 20.3. The molecular weight excluding hydrogens is 444 g/mol. The summed E-state index contributed by atoms with van der Waals surface area (Å²) in [5.41, 5.74) is 8.77. The molecule has 0 bridgehead atoms. The number of nitrogens with zero attached hydrogens (tertiary/aromatic N) is 4. The van der Waals surface area contributed by atoms with Crippen LogP contribution in [0.2, 0.25) is 0 Å². The summed E-state index contributed by atoms with van der Waals surface area (Å²) < 4.78 is 5.64. The van der Waals surface area contributed by atoms with E-state index in [-0.39, 0.29) is 0 Å². The summed E-state index contributed by atoms with van der Waals surface area (Å²) in [4.78, 5) is 25.7. The molecule has 1 aliphatic heterocycles. The van der Waals surface area contributed by atoms with Crippen LogP contribution in [0.3, 0.4) is 0 Å².